The van der Waals surface area contributed by atoms with Crippen molar-refractivity contribution in [2.24, 2.45) is 5.92 Å². The highest BCUT2D eigenvalue weighted by molar-refractivity contribution is 5.04. The zero-order chi connectivity index (χ0) is 7.61. The Morgan fingerprint density at radius 2 is 2.50 bits per heavy atom. The molecule has 0 bridgehead atoms. The first kappa shape index (κ1) is 7.56. The molecular formula is C8H13NO. The lowest BCUT2D eigenvalue weighted by Gasteiger charge is -2.11. The molecule has 2 heteroatoms. The summed E-state index contributed by atoms with van der Waals surface area (Å²) in [5.74, 6) is 0.574. The Morgan fingerprint density at radius 3 is 2.80 bits per heavy atom. The van der Waals surface area contributed by atoms with E-state index in [1.165, 1.54) is 0 Å². The summed E-state index contributed by atoms with van der Waals surface area (Å²) in [7, 11) is 0. The summed E-state index contributed by atoms with van der Waals surface area (Å²) < 4.78 is 0. The highest BCUT2D eigenvalue weighted by atomic mass is 16.3. The Morgan fingerprint density at radius 1 is 1.80 bits per heavy atom. The number of nitriles is 1. The number of hydrogen-bond acceptors (Lipinski definition) is 2. The van der Waals surface area contributed by atoms with Crippen molar-refractivity contribution in [3.05, 3.63) is 0 Å². The Bertz CT molecular complexity index is 161. The van der Waals surface area contributed by atoms with Gasteiger partial charge in [0.2, 0.25) is 0 Å². The molecule has 0 saturated heterocycles. The summed E-state index contributed by atoms with van der Waals surface area (Å²) in [6.07, 6.45) is 3.45. The predicted molar refractivity (Wildman–Crippen MR) is 38.2 cm³/mol. The third kappa shape index (κ3) is 1.30. The smallest absolute Gasteiger partial charge is 0.151 e. The Kier molecular flexibility index (Phi) is 1.96. The average Bonchev–Trinajstić information content (AvgIpc) is 2.33. The van der Waals surface area contributed by atoms with Gasteiger partial charge in [0, 0.05) is 0 Å². The normalized spacial score (nSPS) is 39.5. The molecule has 2 atom stereocenters. The molecule has 1 saturated carbocycles. The highest BCUT2D eigenvalue weighted by Gasteiger charge is 2.36. The zero-order valence-corrected chi connectivity index (χ0v) is 6.30. The summed E-state index contributed by atoms with van der Waals surface area (Å²) in [6.45, 7) is 2.10. The first-order valence-corrected chi connectivity index (χ1v) is 3.84. The molecular weight excluding hydrogens is 126 g/mol. The molecule has 0 aromatic rings. The maximum absolute atomic E-state index is 9.44. The van der Waals surface area contributed by atoms with Gasteiger partial charge in [-0.25, -0.2) is 0 Å². The van der Waals surface area contributed by atoms with Crippen molar-refractivity contribution >= 4 is 0 Å². The van der Waals surface area contributed by atoms with E-state index >= 15 is 0 Å². The van der Waals surface area contributed by atoms with Gasteiger partial charge < -0.3 is 5.11 Å². The van der Waals surface area contributed by atoms with E-state index in [-0.39, 0.29) is 0 Å². The van der Waals surface area contributed by atoms with Gasteiger partial charge in [0.05, 0.1) is 6.07 Å². The Balaban J connectivity index is 2.51. The van der Waals surface area contributed by atoms with Gasteiger partial charge in [-0.1, -0.05) is 13.3 Å². The van der Waals surface area contributed by atoms with E-state index in [0.717, 1.165) is 12.8 Å². The van der Waals surface area contributed by atoms with Gasteiger partial charge >= 0.3 is 0 Å². The molecule has 1 aliphatic rings. The summed E-state index contributed by atoms with van der Waals surface area (Å²) in [6, 6.07) is 1.96. The van der Waals surface area contributed by atoms with E-state index in [1.54, 1.807) is 0 Å². The molecule has 2 unspecified atom stereocenters. The van der Waals surface area contributed by atoms with Crippen LogP contribution < -0.4 is 0 Å². The van der Waals surface area contributed by atoms with Gasteiger partial charge in [-0.3, -0.25) is 0 Å². The van der Waals surface area contributed by atoms with Crippen molar-refractivity contribution < 1.29 is 5.11 Å². The van der Waals surface area contributed by atoms with E-state index in [9.17, 15) is 5.11 Å². The second-order valence-corrected chi connectivity index (χ2v) is 3.16. The van der Waals surface area contributed by atoms with Crippen molar-refractivity contribution in [1.82, 2.24) is 0 Å². The van der Waals surface area contributed by atoms with Gasteiger partial charge in [-0.2, -0.15) is 5.26 Å². The van der Waals surface area contributed by atoms with Crippen LogP contribution in [0.5, 0.6) is 0 Å². The summed E-state index contributed by atoms with van der Waals surface area (Å²) in [5, 5.41) is 18.0. The van der Waals surface area contributed by atoms with E-state index in [4.69, 9.17) is 5.26 Å². The topological polar surface area (TPSA) is 44.0 Å². The second kappa shape index (κ2) is 2.59. The summed E-state index contributed by atoms with van der Waals surface area (Å²) in [5.41, 5.74) is -0.985. The molecule has 1 aliphatic carbocycles. The molecule has 1 rings (SSSR count). The van der Waals surface area contributed by atoms with Crippen LogP contribution in [0.4, 0.5) is 0 Å². The Hall–Kier alpha value is -0.550. The van der Waals surface area contributed by atoms with E-state index < -0.39 is 5.60 Å². The van der Waals surface area contributed by atoms with Crippen LogP contribution >= 0.6 is 0 Å². The van der Waals surface area contributed by atoms with Crippen LogP contribution in [0.25, 0.3) is 0 Å². The van der Waals surface area contributed by atoms with Crippen molar-refractivity contribution in [2.45, 2.75) is 38.2 Å². The molecule has 2 nitrogen and oxygen atoms in total. The van der Waals surface area contributed by atoms with Gasteiger partial charge in [-0.05, 0) is 25.2 Å². The minimum absolute atomic E-state index is 0.574. The largest absolute Gasteiger partial charge is 0.375 e. The molecule has 0 heterocycles. The third-order valence-electron chi connectivity index (χ3n) is 2.38. The molecule has 0 radical (unpaired) electrons. The number of nitrogens with zero attached hydrogens (tertiary/aromatic N) is 1. The van der Waals surface area contributed by atoms with Gasteiger partial charge in [0.25, 0.3) is 0 Å². The number of aliphatic hydroxyl groups is 1. The van der Waals surface area contributed by atoms with Crippen molar-refractivity contribution in [3.8, 4) is 6.07 Å². The van der Waals surface area contributed by atoms with E-state index in [1.807, 2.05) is 6.07 Å². The average molecular weight is 139 g/mol. The molecule has 56 valence electrons. The molecule has 0 spiro atoms. The standard InChI is InChI=1S/C8H13NO/c1-2-7-3-4-8(10,5-7)6-9/h7,10H,2-5H2,1H3. The second-order valence-electron chi connectivity index (χ2n) is 3.16. The van der Waals surface area contributed by atoms with E-state index in [2.05, 4.69) is 6.92 Å². The first-order chi connectivity index (χ1) is 4.70. The third-order valence-corrected chi connectivity index (χ3v) is 2.38. The fraction of sp³-hybridized carbons (Fsp3) is 0.875. The summed E-state index contributed by atoms with van der Waals surface area (Å²) >= 11 is 0. The van der Waals surface area contributed by atoms with Gasteiger partial charge in [-0.15, -0.1) is 0 Å². The van der Waals surface area contributed by atoms with Gasteiger partial charge in [0.1, 0.15) is 0 Å². The first-order valence-electron chi connectivity index (χ1n) is 3.84. The SMILES string of the molecule is CCC1CCC(O)(C#N)C1. The zero-order valence-electron chi connectivity index (χ0n) is 6.30. The van der Waals surface area contributed by atoms with Crippen LogP contribution in [-0.4, -0.2) is 10.7 Å². The van der Waals surface area contributed by atoms with Crippen LogP contribution in [0.15, 0.2) is 0 Å². The predicted octanol–water partition coefficient (Wildman–Crippen LogP) is 1.45. The maximum atomic E-state index is 9.44. The minimum atomic E-state index is -0.985. The molecule has 0 aromatic heterocycles. The van der Waals surface area contributed by atoms with Crippen LogP contribution in [-0.2, 0) is 0 Å². The molecule has 10 heavy (non-hydrogen) atoms. The van der Waals surface area contributed by atoms with Crippen molar-refractivity contribution in [2.75, 3.05) is 0 Å². The van der Waals surface area contributed by atoms with Crippen molar-refractivity contribution in [3.63, 3.8) is 0 Å². The molecule has 0 aromatic carbocycles. The lowest BCUT2D eigenvalue weighted by atomic mass is 10.0. The lowest BCUT2D eigenvalue weighted by Crippen LogP contribution is -2.21. The van der Waals surface area contributed by atoms with Crippen LogP contribution in [0, 0.1) is 17.2 Å². The van der Waals surface area contributed by atoms with Crippen LogP contribution in [0.3, 0.4) is 0 Å². The quantitative estimate of drug-likeness (QED) is 0.559. The number of hydrogen-bond donors (Lipinski definition) is 1. The summed E-state index contributed by atoms with van der Waals surface area (Å²) in [4.78, 5) is 0. The molecule has 0 aliphatic heterocycles. The maximum Gasteiger partial charge on any atom is 0.151 e. The number of rotatable bonds is 1. The lowest BCUT2D eigenvalue weighted by molar-refractivity contribution is 0.102. The monoisotopic (exact) mass is 139 g/mol. The fourth-order valence-electron chi connectivity index (χ4n) is 1.57. The minimum Gasteiger partial charge on any atom is -0.375 e. The van der Waals surface area contributed by atoms with Crippen LogP contribution in [0.1, 0.15) is 32.6 Å². The Labute approximate surface area is 61.5 Å². The fourth-order valence-corrected chi connectivity index (χ4v) is 1.57. The molecule has 1 N–H and O–H groups in total. The van der Waals surface area contributed by atoms with Crippen molar-refractivity contribution in [1.29, 1.82) is 5.26 Å². The molecule has 0 amide bonds. The van der Waals surface area contributed by atoms with E-state index in [0.29, 0.717) is 18.8 Å². The van der Waals surface area contributed by atoms with Crippen LogP contribution in [0.2, 0.25) is 0 Å². The highest BCUT2D eigenvalue weighted by Crippen LogP contribution is 2.35. The molecule has 1 fully saturated rings. The van der Waals surface area contributed by atoms with Gasteiger partial charge in [0.15, 0.2) is 5.60 Å².